The van der Waals surface area contributed by atoms with Crippen LogP contribution < -0.4 is 9.47 Å². The van der Waals surface area contributed by atoms with E-state index >= 15 is 0 Å². The first-order valence-corrected chi connectivity index (χ1v) is 10.4. The zero-order valence-electron chi connectivity index (χ0n) is 17.7. The van der Waals surface area contributed by atoms with Gasteiger partial charge in [-0.05, 0) is 36.4 Å². The Hall–Kier alpha value is -4.67. The number of nitrogens with zero attached hydrogens (tertiary/aromatic N) is 4. The third-order valence-electron chi connectivity index (χ3n) is 5.21. The number of hydrogen-bond acceptors (Lipinski definition) is 9. The van der Waals surface area contributed by atoms with E-state index in [2.05, 4.69) is 10.1 Å². The van der Waals surface area contributed by atoms with E-state index in [0.29, 0.717) is 34.5 Å². The van der Waals surface area contributed by atoms with Gasteiger partial charge in [0.05, 0.1) is 17.7 Å². The number of hydrogen-bond donors (Lipinski definition) is 0. The largest absolute Gasteiger partial charge is 0.467 e. The first-order valence-electron chi connectivity index (χ1n) is 10.4. The molecule has 0 saturated carbocycles. The molecule has 2 aromatic heterocycles. The zero-order chi connectivity index (χ0) is 23.5. The summed E-state index contributed by atoms with van der Waals surface area (Å²) in [7, 11) is 0. The van der Waals surface area contributed by atoms with E-state index in [1.54, 1.807) is 30.3 Å². The van der Waals surface area contributed by atoms with Crippen LogP contribution in [-0.2, 0) is 13.0 Å². The molecule has 2 aromatic carbocycles. The molecule has 0 saturated heterocycles. The van der Waals surface area contributed by atoms with Gasteiger partial charge in [-0.3, -0.25) is 14.9 Å². The normalized spacial score (nSPS) is 12.0. The van der Waals surface area contributed by atoms with Crippen LogP contribution in [0, 0.1) is 10.1 Å². The fourth-order valence-electron chi connectivity index (χ4n) is 3.52. The van der Waals surface area contributed by atoms with Crippen molar-refractivity contribution in [3.63, 3.8) is 0 Å². The summed E-state index contributed by atoms with van der Waals surface area (Å²) in [5, 5.41) is 15.1. The number of nitro groups is 1. The second kappa shape index (κ2) is 9.06. The molecule has 1 aliphatic heterocycles. The molecule has 0 unspecified atom stereocenters. The highest BCUT2D eigenvalue weighted by molar-refractivity contribution is 5.94. The predicted octanol–water partition coefficient (Wildman–Crippen LogP) is 3.85. The van der Waals surface area contributed by atoms with Crippen molar-refractivity contribution in [3.8, 4) is 22.9 Å². The fraction of sp³-hybridized carbons (Fsp3) is 0.174. The van der Waals surface area contributed by atoms with Crippen molar-refractivity contribution in [2.75, 3.05) is 13.3 Å². The van der Waals surface area contributed by atoms with Crippen molar-refractivity contribution >= 4 is 11.6 Å². The molecule has 5 rings (SSSR count). The highest BCUT2D eigenvalue weighted by atomic mass is 16.7. The molecule has 11 heteroatoms. The maximum absolute atomic E-state index is 13.2. The van der Waals surface area contributed by atoms with Crippen LogP contribution in [0.3, 0.4) is 0 Å². The molecule has 0 atom stereocenters. The molecular weight excluding hydrogens is 444 g/mol. The molecule has 172 valence electrons. The molecule has 4 aromatic rings. The van der Waals surface area contributed by atoms with E-state index in [4.69, 9.17) is 18.4 Å². The standard InChI is InChI=1S/C23H18N4O7/c28-23(16-3-1-4-17(11-16)27(29)30)26(13-18-5-2-10-31-18)9-8-21-24-22(25-34-21)15-6-7-19-20(12-15)33-14-32-19/h1-7,10-12H,8-9,13-14H2. The van der Waals surface area contributed by atoms with E-state index < -0.39 is 4.92 Å². The van der Waals surface area contributed by atoms with Gasteiger partial charge in [0.15, 0.2) is 11.5 Å². The van der Waals surface area contributed by atoms with Gasteiger partial charge in [0, 0.05) is 36.2 Å². The molecule has 0 fully saturated rings. The molecular formula is C23H18N4O7. The van der Waals surface area contributed by atoms with E-state index in [0.717, 1.165) is 0 Å². The second-order valence-electron chi connectivity index (χ2n) is 7.44. The van der Waals surface area contributed by atoms with Gasteiger partial charge in [-0.15, -0.1) is 0 Å². The van der Waals surface area contributed by atoms with E-state index in [1.807, 2.05) is 0 Å². The zero-order valence-corrected chi connectivity index (χ0v) is 17.7. The third-order valence-corrected chi connectivity index (χ3v) is 5.21. The number of rotatable bonds is 8. The van der Waals surface area contributed by atoms with Crippen molar-refractivity contribution in [3.05, 3.63) is 88.2 Å². The Kier molecular flexibility index (Phi) is 5.65. The highest BCUT2D eigenvalue weighted by Crippen LogP contribution is 2.35. The van der Waals surface area contributed by atoms with Crippen LogP contribution >= 0.6 is 0 Å². The lowest BCUT2D eigenvalue weighted by atomic mass is 10.1. The number of fused-ring (bicyclic) bond motifs is 1. The number of non-ortho nitro benzene ring substituents is 1. The molecule has 11 nitrogen and oxygen atoms in total. The van der Waals surface area contributed by atoms with Crippen LogP contribution in [0.1, 0.15) is 22.0 Å². The maximum atomic E-state index is 13.2. The van der Waals surface area contributed by atoms with Gasteiger partial charge in [-0.25, -0.2) is 0 Å². The monoisotopic (exact) mass is 462 g/mol. The van der Waals surface area contributed by atoms with Crippen LogP contribution in [0.5, 0.6) is 11.5 Å². The molecule has 3 heterocycles. The molecule has 0 bridgehead atoms. The van der Waals surface area contributed by atoms with Gasteiger partial charge in [-0.1, -0.05) is 11.2 Å². The third kappa shape index (κ3) is 4.44. The van der Waals surface area contributed by atoms with Gasteiger partial charge in [0.2, 0.25) is 18.5 Å². The van der Waals surface area contributed by atoms with Crippen LogP contribution in [0.4, 0.5) is 5.69 Å². The van der Waals surface area contributed by atoms with Gasteiger partial charge in [0.25, 0.3) is 11.6 Å². The number of carbonyl (C=O) groups is 1. The summed E-state index contributed by atoms with van der Waals surface area (Å²) >= 11 is 0. The number of carbonyl (C=O) groups excluding carboxylic acids is 1. The van der Waals surface area contributed by atoms with E-state index in [9.17, 15) is 14.9 Å². The Balaban J connectivity index is 1.33. The van der Waals surface area contributed by atoms with Crippen LogP contribution in [0.15, 0.2) is 69.8 Å². The first-order chi connectivity index (χ1) is 16.6. The fourth-order valence-corrected chi connectivity index (χ4v) is 3.52. The minimum Gasteiger partial charge on any atom is -0.467 e. The lowest BCUT2D eigenvalue weighted by Crippen LogP contribution is -2.32. The van der Waals surface area contributed by atoms with Crippen molar-refractivity contribution in [1.29, 1.82) is 0 Å². The Morgan fingerprint density at radius 3 is 2.79 bits per heavy atom. The Bertz CT molecular complexity index is 1330. The molecule has 0 spiro atoms. The molecule has 0 radical (unpaired) electrons. The SMILES string of the molecule is O=C(c1cccc([N+](=O)[O-])c1)N(CCc1nc(-c2ccc3c(c2)OCO3)no1)Cc1ccco1. The Morgan fingerprint density at radius 1 is 1.09 bits per heavy atom. The van der Waals surface area contributed by atoms with Gasteiger partial charge < -0.3 is 23.3 Å². The molecule has 0 aliphatic carbocycles. The predicted molar refractivity (Wildman–Crippen MR) is 116 cm³/mol. The van der Waals surface area contributed by atoms with Crippen molar-refractivity contribution < 1.29 is 28.1 Å². The van der Waals surface area contributed by atoms with Crippen molar-refractivity contribution in [1.82, 2.24) is 15.0 Å². The minimum atomic E-state index is -0.538. The minimum absolute atomic E-state index is 0.158. The van der Waals surface area contributed by atoms with Crippen LogP contribution in [0.25, 0.3) is 11.4 Å². The van der Waals surface area contributed by atoms with Crippen molar-refractivity contribution in [2.45, 2.75) is 13.0 Å². The lowest BCUT2D eigenvalue weighted by molar-refractivity contribution is -0.384. The van der Waals surface area contributed by atoms with Crippen LogP contribution in [0.2, 0.25) is 0 Å². The summed E-state index contributed by atoms with van der Waals surface area (Å²) in [6.45, 7) is 0.572. The lowest BCUT2D eigenvalue weighted by Gasteiger charge is -2.21. The van der Waals surface area contributed by atoms with E-state index in [-0.39, 0.29) is 43.5 Å². The average Bonchev–Trinajstić information content (AvgIpc) is 3.63. The van der Waals surface area contributed by atoms with Crippen LogP contribution in [-0.4, -0.2) is 39.2 Å². The summed E-state index contributed by atoms with van der Waals surface area (Å²) in [5.74, 6) is 2.18. The number of nitro benzene ring substituents is 1. The van der Waals surface area contributed by atoms with E-state index in [1.165, 1.54) is 35.4 Å². The molecule has 34 heavy (non-hydrogen) atoms. The summed E-state index contributed by atoms with van der Waals surface area (Å²) in [5.41, 5.74) is 0.751. The summed E-state index contributed by atoms with van der Waals surface area (Å²) < 4.78 is 21.5. The molecule has 1 amide bonds. The smallest absolute Gasteiger partial charge is 0.270 e. The number of aromatic nitrogens is 2. The summed E-state index contributed by atoms with van der Waals surface area (Å²) in [4.78, 5) is 29.7. The second-order valence-corrected chi connectivity index (χ2v) is 7.44. The molecule has 0 N–H and O–H groups in total. The summed E-state index contributed by atoms with van der Waals surface area (Å²) in [6.07, 6.45) is 1.79. The average molecular weight is 462 g/mol. The highest BCUT2D eigenvalue weighted by Gasteiger charge is 2.21. The number of amides is 1. The number of ether oxygens (including phenoxy) is 2. The Labute approximate surface area is 192 Å². The number of benzene rings is 2. The first kappa shape index (κ1) is 21.2. The summed E-state index contributed by atoms with van der Waals surface area (Å²) in [6, 6.07) is 14.4. The van der Waals surface area contributed by atoms with Gasteiger partial charge in [-0.2, -0.15) is 4.98 Å². The molecule has 1 aliphatic rings. The van der Waals surface area contributed by atoms with Crippen molar-refractivity contribution in [2.24, 2.45) is 0 Å². The quantitative estimate of drug-likeness (QED) is 0.283. The topological polar surface area (TPSA) is 134 Å². The Morgan fingerprint density at radius 2 is 1.97 bits per heavy atom. The van der Waals surface area contributed by atoms with Gasteiger partial charge in [0.1, 0.15) is 5.76 Å². The number of furan rings is 1. The maximum Gasteiger partial charge on any atom is 0.270 e. The van der Waals surface area contributed by atoms with Gasteiger partial charge >= 0.3 is 0 Å².